The van der Waals surface area contributed by atoms with E-state index in [0.717, 1.165) is 28.0 Å². The Morgan fingerprint density at radius 2 is 1.71 bits per heavy atom. The Morgan fingerprint density at radius 3 is 2.37 bits per heavy atom. The summed E-state index contributed by atoms with van der Waals surface area (Å²) >= 11 is 2.08. The Balaban J connectivity index is 1.46. The first-order chi connectivity index (χ1) is 16.6. The number of phenols is 1. The van der Waals surface area contributed by atoms with Gasteiger partial charge in [0.15, 0.2) is 0 Å². The van der Waals surface area contributed by atoms with Crippen molar-refractivity contribution in [3.05, 3.63) is 68.9 Å². The van der Waals surface area contributed by atoms with Gasteiger partial charge in [0, 0.05) is 16.0 Å². The fourth-order valence-corrected chi connectivity index (χ4v) is 7.54. The summed E-state index contributed by atoms with van der Waals surface area (Å²) in [4.78, 5) is 53.7. The van der Waals surface area contributed by atoms with Gasteiger partial charge in [0.1, 0.15) is 23.4 Å². The van der Waals surface area contributed by atoms with Crippen LogP contribution in [0, 0.1) is 11.7 Å². The van der Waals surface area contributed by atoms with Crippen molar-refractivity contribution in [2.24, 2.45) is 5.92 Å². The molecule has 0 aliphatic carbocycles. The molecule has 3 amide bonds. The average Bonchev–Trinajstić information content (AvgIpc) is 3.25. The van der Waals surface area contributed by atoms with Crippen LogP contribution in [0.15, 0.2) is 58.4 Å². The summed E-state index contributed by atoms with van der Waals surface area (Å²) < 4.78 is 14.7. The number of halogens is 1. The van der Waals surface area contributed by atoms with E-state index in [-0.39, 0.29) is 17.2 Å². The zero-order valence-corrected chi connectivity index (χ0v) is 20.3. The summed E-state index contributed by atoms with van der Waals surface area (Å²) in [5.41, 5.74) is -0.0827. The van der Waals surface area contributed by atoms with Crippen molar-refractivity contribution in [3.63, 3.8) is 0 Å². The minimum absolute atomic E-state index is 0.0600. The molecule has 11 heteroatoms. The highest BCUT2D eigenvalue weighted by atomic mass is 32.2. The van der Waals surface area contributed by atoms with E-state index in [4.69, 9.17) is 0 Å². The minimum atomic E-state index is -0.838. The normalized spacial score (nSPS) is 20.5. The first kappa shape index (κ1) is 23.3. The van der Waals surface area contributed by atoms with Crippen LogP contribution in [0.3, 0.4) is 0 Å². The second-order valence-corrected chi connectivity index (χ2v) is 11.0. The maximum absolute atomic E-state index is 13.4. The fourth-order valence-electron chi connectivity index (χ4n) is 4.50. The quantitative estimate of drug-likeness (QED) is 0.409. The van der Waals surface area contributed by atoms with Gasteiger partial charge >= 0.3 is 4.87 Å². The molecule has 0 saturated carbocycles. The SMILES string of the molecule is CC1(C)c2sc(=O)n(CC(=O)Nc3ccc(O)cc3)c2SC2C(=O)N(c3ccc(F)cc3)C(=O)C21. The first-order valence-electron chi connectivity index (χ1n) is 10.7. The molecule has 2 aliphatic rings. The van der Waals surface area contributed by atoms with Gasteiger partial charge in [0.05, 0.1) is 16.6 Å². The van der Waals surface area contributed by atoms with Crippen molar-refractivity contribution < 1.29 is 23.9 Å². The largest absolute Gasteiger partial charge is 0.508 e. The highest BCUT2D eigenvalue weighted by molar-refractivity contribution is 8.00. The summed E-state index contributed by atoms with van der Waals surface area (Å²) in [5.74, 6) is -2.40. The predicted molar refractivity (Wildman–Crippen MR) is 130 cm³/mol. The number of nitrogens with one attached hydrogen (secondary N) is 1. The lowest BCUT2D eigenvalue weighted by molar-refractivity contribution is -0.123. The van der Waals surface area contributed by atoms with E-state index in [1.807, 2.05) is 13.8 Å². The molecule has 2 aromatic carbocycles. The number of thiazole rings is 1. The maximum atomic E-state index is 13.4. The standard InChI is InChI=1S/C24H20FN3O5S2/c1-24(2)17-18(21(32)28(20(17)31)14-7-3-12(25)4-8-14)34-22-19(24)35-23(33)27(22)11-16(30)26-13-5-9-15(29)10-6-13/h3-10,17-18,29H,11H2,1-2H3,(H,26,30). The van der Waals surface area contributed by atoms with Crippen LogP contribution in [-0.4, -0.2) is 32.6 Å². The van der Waals surface area contributed by atoms with Gasteiger partial charge in [0.25, 0.3) is 0 Å². The van der Waals surface area contributed by atoms with Gasteiger partial charge in [-0.2, -0.15) is 0 Å². The van der Waals surface area contributed by atoms with Crippen LogP contribution in [0.1, 0.15) is 18.7 Å². The number of nitrogens with zero attached hydrogens (tertiary/aromatic N) is 2. The number of carbonyl (C=O) groups is 3. The third-order valence-corrected chi connectivity index (χ3v) is 9.06. The zero-order valence-electron chi connectivity index (χ0n) is 18.6. The van der Waals surface area contributed by atoms with Crippen LogP contribution >= 0.6 is 23.1 Å². The van der Waals surface area contributed by atoms with Gasteiger partial charge in [-0.05, 0) is 48.5 Å². The highest BCUT2D eigenvalue weighted by Crippen LogP contribution is 2.54. The van der Waals surface area contributed by atoms with E-state index in [0.29, 0.717) is 21.3 Å². The fraction of sp³-hybridized carbons (Fsp3) is 0.250. The number of hydrogen-bond acceptors (Lipinski definition) is 7. The average molecular weight is 514 g/mol. The first-order valence-corrected chi connectivity index (χ1v) is 12.4. The minimum Gasteiger partial charge on any atom is -0.508 e. The summed E-state index contributed by atoms with van der Waals surface area (Å²) in [6.45, 7) is 3.37. The van der Waals surface area contributed by atoms with Crippen LogP contribution < -0.4 is 15.1 Å². The third-order valence-electron chi connectivity index (χ3n) is 6.24. The number of carbonyl (C=O) groups excluding carboxylic acids is 3. The molecule has 3 heterocycles. The molecule has 1 saturated heterocycles. The molecule has 0 bridgehead atoms. The van der Waals surface area contributed by atoms with Crippen LogP contribution in [-0.2, 0) is 26.3 Å². The third kappa shape index (κ3) is 3.84. The maximum Gasteiger partial charge on any atom is 0.308 e. The molecular weight excluding hydrogens is 493 g/mol. The van der Waals surface area contributed by atoms with Gasteiger partial charge in [-0.3, -0.25) is 23.7 Å². The van der Waals surface area contributed by atoms with Gasteiger partial charge in [0.2, 0.25) is 17.7 Å². The lowest BCUT2D eigenvalue weighted by atomic mass is 9.76. The number of aromatic hydroxyl groups is 1. The molecular formula is C24H20FN3O5S2. The molecule has 1 aromatic heterocycles. The van der Waals surface area contributed by atoms with Gasteiger partial charge in [-0.1, -0.05) is 36.9 Å². The number of imide groups is 1. The molecule has 2 unspecified atom stereocenters. The monoisotopic (exact) mass is 513 g/mol. The van der Waals surface area contributed by atoms with E-state index in [1.54, 1.807) is 0 Å². The Hall–Kier alpha value is -3.44. The molecule has 1 fully saturated rings. The molecule has 2 atom stereocenters. The van der Waals surface area contributed by atoms with Crippen molar-refractivity contribution in [1.82, 2.24) is 4.57 Å². The zero-order chi connectivity index (χ0) is 25.1. The molecule has 0 spiro atoms. The molecule has 3 aromatic rings. The van der Waals surface area contributed by atoms with Crippen molar-refractivity contribution in [1.29, 1.82) is 0 Å². The van der Waals surface area contributed by atoms with E-state index >= 15 is 0 Å². The molecule has 2 N–H and O–H groups in total. The number of aromatic nitrogens is 1. The smallest absolute Gasteiger partial charge is 0.308 e. The summed E-state index contributed by atoms with van der Waals surface area (Å²) in [5, 5.41) is 11.8. The summed E-state index contributed by atoms with van der Waals surface area (Å²) in [6.07, 6.45) is 0. The topological polar surface area (TPSA) is 109 Å². The van der Waals surface area contributed by atoms with Crippen LogP contribution in [0.2, 0.25) is 0 Å². The Kier molecular flexibility index (Phi) is 5.56. The summed E-state index contributed by atoms with van der Waals surface area (Å²) in [6, 6.07) is 11.1. The predicted octanol–water partition coefficient (Wildman–Crippen LogP) is 3.33. The summed E-state index contributed by atoms with van der Waals surface area (Å²) in [7, 11) is 0. The number of amides is 3. The van der Waals surface area contributed by atoms with Gasteiger partial charge in [-0.25, -0.2) is 9.29 Å². The highest BCUT2D eigenvalue weighted by Gasteiger charge is 2.59. The van der Waals surface area contributed by atoms with Gasteiger partial charge < -0.3 is 10.4 Å². The Labute approximate surface area is 207 Å². The van der Waals surface area contributed by atoms with Crippen LogP contribution in [0.25, 0.3) is 0 Å². The van der Waals surface area contributed by atoms with Crippen molar-refractivity contribution in [3.8, 4) is 5.75 Å². The number of anilines is 2. The number of benzene rings is 2. The number of hydrogen-bond donors (Lipinski definition) is 2. The Morgan fingerprint density at radius 1 is 1.06 bits per heavy atom. The second-order valence-electron chi connectivity index (χ2n) is 8.91. The van der Waals surface area contributed by atoms with Crippen molar-refractivity contribution >= 4 is 52.2 Å². The van der Waals surface area contributed by atoms with Crippen molar-refractivity contribution in [2.75, 3.05) is 10.2 Å². The number of phenolic OH excluding ortho intramolecular Hbond substituents is 1. The van der Waals surface area contributed by atoms with Crippen LogP contribution in [0.5, 0.6) is 5.75 Å². The van der Waals surface area contributed by atoms with E-state index in [2.05, 4.69) is 5.32 Å². The lowest BCUT2D eigenvalue weighted by Crippen LogP contribution is -2.41. The number of rotatable bonds is 4. The van der Waals surface area contributed by atoms with Gasteiger partial charge in [-0.15, -0.1) is 0 Å². The Bertz CT molecular complexity index is 1410. The number of fused-ring (bicyclic) bond motifs is 2. The van der Waals surface area contributed by atoms with Crippen LogP contribution in [0.4, 0.5) is 15.8 Å². The molecule has 35 heavy (non-hydrogen) atoms. The second kappa shape index (κ2) is 8.35. The van der Waals surface area contributed by atoms with E-state index in [9.17, 15) is 28.7 Å². The van der Waals surface area contributed by atoms with E-state index < -0.39 is 40.1 Å². The van der Waals surface area contributed by atoms with E-state index in [1.165, 1.54) is 53.1 Å². The lowest BCUT2D eigenvalue weighted by Gasteiger charge is -2.36. The molecule has 0 radical (unpaired) electrons. The number of thioether (sulfide) groups is 1. The molecule has 180 valence electrons. The molecule has 5 rings (SSSR count). The molecule has 8 nitrogen and oxygen atoms in total. The van der Waals surface area contributed by atoms with Crippen molar-refractivity contribution in [2.45, 2.75) is 36.1 Å². The molecule has 2 aliphatic heterocycles.